The number of amides is 2. The summed E-state index contributed by atoms with van der Waals surface area (Å²) >= 11 is 1.20. The van der Waals surface area contributed by atoms with Crippen LogP contribution in [0.4, 0.5) is 11.4 Å². The molecule has 3 rings (SSSR count). The van der Waals surface area contributed by atoms with E-state index in [1.165, 1.54) is 24.2 Å². The van der Waals surface area contributed by atoms with Crippen molar-refractivity contribution in [1.29, 1.82) is 0 Å². The number of aromatic nitrogens is 2. The second-order valence-corrected chi connectivity index (χ2v) is 7.97. The number of rotatable bonds is 6. The van der Waals surface area contributed by atoms with E-state index in [0.29, 0.717) is 22.5 Å². The Morgan fingerprint density at radius 2 is 1.62 bits per heavy atom. The number of anilines is 2. The van der Waals surface area contributed by atoms with Crippen LogP contribution in [0.1, 0.15) is 25.0 Å². The molecule has 2 N–H and O–H groups in total. The lowest BCUT2D eigenvalue weighted by Gasteiger charge is -2.10. The number of nitrogens with one attached hydrogen (secondary N) is 2. The standard InChI is InChI=1S/C21H22N4O3S/c1-12-5-6-16(11-13(12)2)20-24-25-21(28-20)29-14(3)19(27)23-18-9-7-17(8-10-18)22-15(4)26/h5-11,14H,1-4H3,(H,22,26)(H,23,27)/t14-/m0/s1. The third kappa shape index (κ3) is 5.45. The van der Waals surface area contributed by atoms with Gasteiger partial charge in [-0.25, -0.2) is 0 Å². The molecular weight excluding hydrogens is 388 g/mol. The van der Waals surface area contributed by atoms with E-state index in [2.05, 4.69) is 20.8 Å². The lowest BCUT2D eigenvalue weighted by atomic mass is 10.1. The Morgan fingerprint density at radius 1 is 0.966 bits per heavy atom. The minimum Gasteiger partial charge on any atom is -0.411 e. The van der Waals surface area contributed by atoms with Gasteiger partial charge in [-0.15, -0.1) is 10.2 Å². The van der Waals surface area contributed by atoms with E-state index in [4.69, 9.17) is 4.42 Å². The highest BCUT2D eigenvalue weighted by atomic mass is 32.2. The second-order valence-electron chi connectivity index (χ2n) is 6.68. The lowest BCUT2D eigenvalue weighted by Crippen LogP contribution is -2.22. The van der Waals surface area contributed by atoms with Crippen LogP contribution >= 0.6 is 11.8 Å². The first kappa shape index (κ1) is 20.6. The molecule has 7 nitrogen and oxygen atoms in total. The Kier molecular flexibility index (Phi) is 6.33. The van der Waals surface area contributed by atoms with Gasteiger partial charge in [-0.1, -0.05) is 17.8 Å². The molecule has 2 aromatic carbocycles. The van der Waals surface area contributed by atoms with Crippen LogP contribution in [0.15, 0.2) is 52.1 Å². The minimum absolute atomic E-state index is 0.147. The van der Waals surface area contributed by atoms with Crippen molar-refractivity contribution >= 4 is 35.0 Å². The summed E-state index contributed by atoms with van der Waals surface area (Å²) in [5.41, 5.74) is 4.50. The molecule has 1 aromatic heterocycles. The molecule has 0 spiro atoms. The highest BCUT2D eigenvalue weighted by Gasteiger charge is 2.19. The Hall–Kier alpha value is -3.13. The highest BCUT2D eigenvalue weighted by Crippen LogP contribution is 2.27. The molecule has 29 heavy (non-hydrogen) atoms. The average Bonchev–Trinajstić information content (AvgIpc) is 3.13. The smallest absolute Gasteiger partial charge is 0.277 e. The molecule has 1 atom stereocenters. The molecular formula is C21H22N4O3S. The molecule has 0 bridgehead atoms. The van der Waals surface area contributed by atoms with E-state index in [-0.39, 0.29) is 11.8 Å². The molecule has 8 heteroatoms. The van der Waals surface area contributed by atoms with Crippen LogP contribution in [0, 0.1) is 13.8 Å². The Balaban J connectivity index is 1.60. The van der Waals surface area contributed by atoms with Gasteiger partial charge in [-0.2, -0.15) is 0 Å². The molecule has 0 aliphatic heterocycles. The molecule has 1 heterocycles. The second kappa shape index (κ2) is 8.91. The summed E-state index contributed by atoms with van der Waals surface area (Å²) in [7, 11) is 0. The zero-order chi connectivity index (χ0) is 21.0. The predicted molar refractivity (Wildman–Crippen MR) is 114 cm³/mol. The van der Waals surface area contributed by atoms with E-state index in [1.54, 1.807) is 31.2 Å². The third-order valence-electron chi connectivity index (χ3n) is 4.28. The quantitative estimate of drug-likeness (QED) is 0.584. The Labute approximate surface area is 173 Å². The summed E-state index contributed by atoms with van der Waals surface area (Å²) in [4.78, 5) is 23.5. The van der Waals surface area contributed by atoms with Crippen molar-refractivity contribution in [2.75, 3.05) is 10.6 Å². The molecule has 150 valence electrons. The molecule has 0 fully saturated rings. The molecule has 3 aromatic rings. The first-order valence-electron chi connectivity index (χ1n) is 9.08. The van der Waals surface area contributed by atoms with Gasteiger partial charge in [0.25, 0.3) is 5.22 Å². The summed E-state index contributed by atoms with van der Waals surface area (Å²) in [6.45, 7) is 7.28. The summed E-state index contributed by atoms with van der Waals surface area (Å²) in [6.07, 6.45) is 0. The molecule has 2 amide bonds. The zero-order valence-corrected chi connectivity index (χ0v) is 17.5. The van der Waals surface area contributed by atoms with E-state index in [1.807, 2.05) is 32.0 Å². The van der Waals surface area contributed by atoms with Crippen LogP contribution in [0.2, 0.25) is 0 Å². The van der Waals surface area contributed by atoms with Gasteiger partial charge in [0.2, 0.25) is 17.7 Å². The van der Waals surface area contributed by atoms with Crippen molar-refractivity contribution in [2.45, 2.75) is 38.2 Å². The van der Waals surface area contributed by atoms with Crippen LogP contribution in [0.3, 0.4) is 0 Å². The van der Waals surface area contributed by atoms with Gasteiger partial charge in [-0.05, 0) is 68.3 Å². The average molecular weight is 410 g/mol. The van der Waals surface area contributed by atoms with Crippen molar-refractivity contribution < 1.29 is 14.0 Å². The van der Waals surface area contributed by atoms with E-state index >= 15 is 0 Å². The number of carbonyl (C=O) groups is 2. The molecule has 0 saturated heterocycles. The van der Waals surface area contributed by atoms with Gasteiger partial charge < -0.3 is 15.1 Å². The lowest BCUT2D eigenvalue weighted by molar-refractivity contribution is -0.115. The van der Waals surface area contributed by atoms with Crippen molar-refractivity contribution in [3.05, 3.63) is 53.6 Å². The van der Waals surface area contributed by atoms with Gasteiger partial charge in [0, 0.05) is 23.9 Å². The number of benzene rings is 2. The topological polar surface area (TPSA) is 97.1 Å². The molecule has 0 unspecified atom stereocenters. The fourth-order valence-electron chi connectivity index (χ4n) is 2.54. The third-order valence-corrected chi connectivity index (χ3v) is 5.21. The summed E-state index contributed by atoms with van der Waals surface area (Å²) in [5, 5.41) is 13.5. The van der Waals surface area contributed by atoms with E-state index < -0.39 is 5.25 Å². The van der Waals surface area contributed by atoms with Crippen molar-refractivity contribution in [1.82, 2.24) is 10.2 Å². The maximum atomic E-state index is 12.4. The fourth-order valence-corrected chi connectivity index (χ4v) is 3.22. The van der Waals surface area contributed by atoms with Gasteiger partial charge in [0.05, 0.1) is 5.25 Å². The first-order chi connectivity index (χ1) is 13.8. The SMILES string of the molecule is CC(=O)Nc1ccc(NC(=O)[C@H](C)Sc2nnc(-c3ccc(C)c(C)c3)o2)cc1. The first-order valence-corrected chi connectivity index (χ1v) is 9.96. The molecule has 0 aliphatic carbocycles. The van der Waals surface area contributed by atoms with Crippen molar-refractivity contribution in [3.63, 3.8) is 0 Å². The largest absolute Gasteiger partial charge is 0.411 e. The number of nitrogens with zero attached hydrogens (tertiary/aromatic N) is 2. The number of aryl methyl sites for hydroxylation is 2. The van der Waals surface area contributed by atoms with Crippen molar-refractivity contribution in [3.8, 4) is 11.5 Å². The molecule has 0 aliphatic rings. The Bertz CT molecular complexity index is 1030. The molecule has 0 saturated carbocycles. The Morgan fingerprint density at radius 3 is 2.24 bits per heavy atom. The molecule has 0 radical (unpaired) electrons. The van der Waals surface area contributed by atoms with Gasteiger partial charge in [0.1, 0.15) is 0 Å². The maximum absolute atomic E-state index is 12.4. The number of hydrogen-bond acceptors (Lipinski definition) is 6. The zero-order valence-electron chi connectivity index (χ0n) is 16.6. The number of thioether (sulfide) groups is 1. The predicted octanol–water partition coefficient (Wildman–Crippen LogP) is 4.43. The summed E-state index contributed by atoms with van der Waals surface area (Å²) in [6, 6.07) is 12.8. The fraction of sp³-hybridized carbons (Fsp3) is 0.238. The van der Waals surface area contributed by atoms with Crippen molar-refractivity contribution in [2.24, 2.45) is 0 Å². The van der Waals surface area contributed by atoms with Gasteiger partial charge in [-0.3, -0.25) is 9.59 Å². The van der Waals surface area contributed by atoms with E-state index in [0.717, 1.165) is 11.1 Å². The normalized spacial score (nSPS) is 11.7. The summed E-state index contributed by atoms with van der Waals surface area (Å²) in [5.74, 6) is 0.0940. The number of hydrogen-bond donors (Lipinski definition) is 2. The maximum Gasteiger partial charge on any atom is 0.277 e. The van der Waals surface area contributed by atoms with Crippen LogP contribution in [0.5, 0.6) is 0 Å². The highest BCUT2D eigenvalue weighted by molar-refractivity contribution is 8.00. The monoisotopic (exact) mass is 410 g/mol. The van der Waals surface area contributed by atoms with Gasteiger partial charge in [0.15, 0.2) is 0 Å². The van der Waals surface area contributed by atoms with Gasteiger partial charge >= 0.3 is 0 Å². The van der Waals surface area contributed by atoms with Crippen LogP contribution in [-0.2, 0) is 9.59 Å². The minimum atomic E-state index is -0.432. The van der Waals surface area contributed by atoms with Crippen LogP contribution in [0.25, 0.3) is 11.5 Å². The van der Waals surface area contributed by atoms with Crippen LogP contribution < -0.4 is 10.6 Å². The van der Waals surface area contributed by atoms with Crippen LogP contribution in [-0.4, -0.2) is 27.3 Å². The summed E-state index contributed by atoms with van der Waals surface area (Å²) < 4.78 is 5.71. The number of carbonyl (C=O) groups excluding carboxylic acids is 2. The van der Waals surface area contributed by atoms with E-state index in [9.17, 15) is 9.59 Å².